The molecule has 0 atom stereocenters. The molecule has 11 heavy (non-hydrogen) atoms. The first-order valence-corrected chi connectivity index (χ1v) is 3.75. The minimum atomic E-state index is 0.201. The SMILES string of the molecule is CC1=C(OO)C=CC(C)(C)C1. The molecule has 0 aromatic rings. The molecular formula is C9H14O2. The summed E-state index contributed by atoms with van der Waals surface area (Å²) in [5, 5.41) is 8.42. The van der Waals surface area contributed by atoms with Crippen molar-refractivity contribution in [3.8, 4) is 0 Å². The summed E-state index contributed by atoms with van der Waals surface area (Å²) in [4.78, 5) is 4.19. The summed E-state index contributed by atoms with van der Waals surface area (Å²) in [5.41, 5.74) is 1.30. The van der Waals surface area contributed by atoms with Crippen molar-refractivity contribution in [1.29, 1.82) is 0 Å². The van der Waals surface area contributed by atoms with Gasteiger partial charge in [-0.25, -0.2) is 5.26 Å². The van der Waals surface area contributed by atoms with Crippen LogP contribution < -0.4 is 0 Å². The normalized spacial score (nSPS) is 22.2. The number of allylic oxidation sites excluding steroid dienone is 3. The Morgan fingerprint density at radius 1 is 1.55 bits per heavy atom. The van der Waals surface area contributed by atoms with Gasteiger partial charge in [0.05, 0.1) is 0 Å². The molecule has 0 amide bonds. The average Bonchev–Trinajstić information content (AvgIpc) is 1.86. The van der Waals surface area contributed by atoms with Crippen LogP contribution in [0.3, 0.4) is 0 Å². The maximum absolute atomic E-state index is 8.42. The van der Waals surface area contributed by atoms with Crippen molar-refractivity contribution in [3.63, 3.8) is 0 Å². The van der Waals surface area contributed by atoms with Crippen LogP contribution in [0, 0.1) is 5.41 Å². The molecule has 0 aromatic heterocycles. The van der Waals surface area contributed by atoms with Crippen LogP contribution in [0.25, 0.3) is 0 Å². The molecule has 0 radical (unpaired) electrons. The van der Waals surface area contributed by atoms with Crippen LogP contribution in [-0.4, -0.2) is 5.26 Å². The minimum absolute atomic E-state index is 0.201. The summed E-state index contributed by atoms with van der Waals surface area (Å²) >= 11 is 0. The maximum Gasteiger partial charge on any atom is 0.163 e. The summed E-state index contributed by atoms with van der Waals surface area (Å²) in [7, 11) is 0. The summed E-state index contributed by atoms with van der Waals surface area (Å²) in [6, 6.07) is 0. The standard InChI is InChI=1S/C9H14O2/c1-7-6-9(2,3)5-4-8(7)11-10/h4-5,10H,6H2,1-3H3. The van der Waals surface area contributed by atoms with E-state index in [0.29, 0.717) is 5.76 Å². The molecule has 1 aliphatic rings. The van der Waals surface area contributed by atoms with Gasteiger partial charge in [0.15, 0.2) is 5.76 Å². The summed E-state index contributed by atoms with van der Waals surface area (Å²) < 4.78 is 0. The molecule has 2 nitrogen and oxygen atoms in total. The lowest BCUT2D eigenvalue weighted by Crippen LogP contribution is -2.12. The van der Waals surface area contributed by atoms with E-state index in [2.05, 4.69) is 18.7 Å². The Kier molecular flexibility index (Phi) is 2.05. The monoisotopic (exact) mass is 154 g/mol. The molecule has 0 fully saturated rings. The van der Waals surface area contributed by atoms with Crippen molar-refractivity contribution in [2.45, 2.75) is 27.2 Å². The Labute approximate surface area is 67.1 Å². The molecule has 62 valence electrons. The van der Waals surface area contributed by atoms with E-state index in [0.717, 1.165) is 12.0 Å². The molecule has 0 aliphatic heterocycles. The van der Waals surface area contributed by atoms with Gasteiger partial charge in [-0.15, -0.1) is 0 Å². The van der Waals surface area contributed by atoms with E-state index in [-0.39, 0.29) is 5.41 Å². The molecule has 0 spiro atoms. The molecule has 0 unspecified atom stereocenters. The van der Waals surface area contributed by atoms with Crippen LogP contribution in [-0.2, 0) is 4.89 Å². The zero-order valence-corrected chi connectivity index (χ0v) is 7.22. The van der Waals surface area contributed by atoms with Crippen molar-refractivity contribution in [2.75, 3.05) is 0 Å². The Morgan fingerprint density at radius 3 is 2.64 bits per heavy atom. The van der Waals surface area contributed by atoms with E-state index in [1.165, 1.54) is 0 Å². The molecule has 0 saturated heterocycles. The number of hydrogen-bond acceptors (Lipinski definition) is 2. The van der Waals surface area contributed by atoms with E-state index < -0.39 is 0 Å². The zero-order valence-electron chi connectivity index (χ0n) is 7.22. The van der Waals surface area contributed by atoms with Gasteiger partial charge in [-0.1, -0.05) is 19.9 Å². The molecule has 0 heterocycles. The third-order valence-electron chi connectivity index (χ3n) is 1.93. The van der Waals surface area contributed by atoms with Gasteiger partial charge in [0.1, 0.15) is 0 Å². The number of hydrogen-bond donors (Lipinski definition) is 1. The fourth-order valence-electron chi connectivity index (χ4n) is 1.38. The molecular weight excluding hydrogens is 140 g/mol. The maximum atomic E-state index is 8.42. The Hall–Kier alpha value is -0.760. The Morgan fingerprint density at radius 2 is 2.18 bits per heavy atom. The predicted octanol–water partition coefficient (Wildman–Crippen LogP) is 2.74. The Bertz CT molecular complexity index is 212. The highest BCUT2D eigenvalue weighted by molar-refractivity contribution is 5.26. The van der Waals surface area contributed by atoms with Crippen LogP contribution in [0.15, 0.2) is 23.5 Å². The predicted molar refractivity (Wildman–Crippen MR) is 44.0 cm³/mol. The van der Waals surface area contributed by atoms with Crippen LogP contribution in [0.2, 0.25) is 0 Å². The molecule has 0 saturated carbocycles. The van der Waals surface area contributed by atoms with E-state index in [4.69, 9.17) is 5.26 Å². The van der Waals surface area contributed by atoms with Gasteiger partial charge in [-0.05, 0) is 30.4 Å². The lowest BCUT2D eigenvalue weighted by atomic mass is 9.82. The summed E-state index contributed by atoms with van der Waals surface area (Å²) in [6.07, 6.45) is 4.81. The fourth-order valence-corrected chi connectivity index (χ4v) is 1.38. The smallest absolute Gasteiger partial charge is 0.163 e. The molecule has 2 heteroatoms. The van der Waals surface area contributed by atoms with E-state index in [9.17, 15) is 0 Å². The van der Waals surface area contributed by atoms with Crippen molar-refractivity contribution in [3.05, 3.63) is 23.5 Å². The average molecular weight is 154 g/mol. The Balaban J connectivity index is 2.82. The minimum Gasteiger partial charge on any atom is -0.340 e. The van der Waals surface area contributed by atoms with Gasteiger partial charge in [0.25, 0.3) is 0 Å². The topological polar surface area (TPSA) is 29.5 Å². The highest BCUT2D eigenvalue weighted by Gasteiger charge is 2.20. The first kappa shape index (κ1) is 8.34. The third kappa shape index (κ3) is 1.84. The van der Waals surface area contributed by atoms with E-state index in [1.807, 2.05) is 19.1 Å². The van der Waals surface area contributed by atoms with E-state index in [1.54, 1.807) is 0 Å². The largest absolute Gasteiger partial charge is 0.340 e. The summed E-state index contributed by atoms with van der Waals surface area (Å²) in [5.74, 6) is 0.587. The molecule has 1 N–H and O–H groups in total. The van der Waals surface area contributed by atoms with Crippen LogP contribution in [0.4, 0.5) is 0 Å². The van der Waals surface area contributed by atoms with Gasteiger partial charge in [0.2, 0.25) is 0 Å². The first-order chi connectivity index (χ1) is 5.05. The van der Waals surface area contributed by atoms with Gasteiger partial charge in [0, 0.05) is 0 Å². The van der Waals surface area contributed by atoms with E-state index >= 15 is 0 Å². The van der Waals surface area contributed by atoms with Gasteiger partial charge in [-0.2, -0.15) is 0 Å². The number of rotatable bonds is 1. The second kappa shape index (κ2) is 2.70. The van der Waals surface area contributed by atoms with Gasteiger partial charge < -0.3 is 4.89 Å². The van der Waals surface area contributed by atoms with Crippen molar-refractivity contribution < 1.29 is 10.1 Å². The molecule has 0 bridgehead atoms. The van der Waals surface area contributed by atoms with Gasteiger partial charge in [-0.3, -0.25) is 0 Å². The van der Waals surface area contributed by atoms with Crippen molar-refractivity contribution >= 4 is 0 Å². The van der Waals surface area contributed by atoms with Crippen LogP contribution in [0.1, 0.15) is 27.2 Å². The second-order valence-corrected chi connectivity index (χ2v) is 3.73. The first-order valence-electron chi connectivity index (χ1n) is 3.75. The van der Waals surface area contributed by atoms with Crippen LogP contribution in [0.5, 0.6) is 0 Å². The van der Waals surface area contributed by atoms with Crippen molar-refractivity contribution in [2.24, 2.45) is 5.41 Å². The fraction of sp³-hybridized carbons (Fsp3) is 0.556. The second-order valence-electron chi connectivity index (χ2n) is 3.73. The quantitative estimate of drug-likeness (QED) is 0.465. The lowest BCUT2D eigenvalue weighted by molar-refractivity contribution is -0.199. The van der Waals surface area contributed by atoms with Crippen LogP contribution >= 0.6 is 0 Å². The highest BCUT2D eigenvalue weighted by Crippen LogP contribution is 2.32. The van der Waals surface area contributed by atoms with Gasteiger partial charge >= 0.3 is 0 Å². The highest BCUT2D eigenvalue weighted by atomic mass is 17.1. The molecule has 0 aromatic carbocycles. The molecule has 1 aliphatic carbocycles. The third-order valence-corrected chi connectivity index (χ3v) is 1.93. The molecule has 1 rings (SSSR count). The zero-order chi connectivity index (χ0) is 8.48. The lowest BCUT2D eigenvalue weighted by Gasteiger charge is -2.24. The van der Waals surface area contributed by atoms with Crippen molar-refractivity contribution in [1.82, 2.24) is 0 Å². The summed E-state index contributed by atoms with van der Waals surface area (Å²) in [6.45, 7) is 6.28.